The highest BCUT2D eigenvalue weighted by Crippen LogP contribution is 2.32. The van der Waals surface area contributed by atoms with Crippen LogP contribution in [0.25, 0.3) is 28.1 Å². The van der Waals surface area contributed by atoms with Gasteiger partial charge < -0.3 is 4.74 Å². The lowest BCUT2D eigenvalue weighted by Crippen LogP contribution is -2.30. The van der Waals surface area contributed by atoms with Crippen LogP contribution in [-0.4, -0.2) is 28.4 Å². The van der Waals surface area contributed by atoms with E-state index in [2.05, 4.69) is 4.98 Å². The number of hydrogen-bond donors (Lipinski definition) is 0. The van der Waals surface area contributed by atoms with Gasteiger partial charge in [0.25, 0.3) is 5.56 Å². The Morgan fingerprint density at radius 3 is 2.48 bits per heavy atom. The number of hydrogen-bond acceptors (Lipinski definition) is 5. The lowest BCUT2D eigenvalue weighted by Gasteiger charge is -2.17. The van der Waals surface area contributed by atoms with E-state index >= 15 is 0 Å². The highest BCUT2D eigenvalue weighted by Gasteiger charge is 2.23. The quantitative estimate of drug-likeness (QED) is 0.236. The normalized spacial score (nSPS) is 11.1. The summed E-state index contributed by atoms with van der Waals surface area (Å²) in [5.74, 6) is -1.09. The summed E-state index contributed by atoms with van der Waals surface area (Å²) < 4.78 is 6.02. The number of carbonyl (C=O) groups excluding carboxylic acids is 2. The van der Waals surface area contributed by atoms with Gasteiger partial charge in [0.15, 0.2) is 5.78 Å². The fourth-order valence-electron chi connectivity index (χ4n) is 3.64. The predicted molar refractivity (Wildman–Crippen MR) is 128 cm³/mol. The van der Waals surface area contributed by atoms with E-state index in [4.69, 9.17) is 16.3 Å². The minimum atomic E-state index is -0.605. The van der Waals surface area contributed by atoms with Crippen LogP contribution in [-0.2, 0) is 16.1 Å². The van der Waals surface area contributed by atoms with Gasteiger partial charge in [0.05, 0.1) is 18.2 Å². The van der Waals surface area contributed by atoms with Crippen molar-refractivity contribution in [3.8, 4) is 11.1 Å². The van der Waals surface area contributed by atoms with Crippen molar-refractivity contribution in [2.24, 2.45) is 0 Å². The molecule has 0 unspecified atom stereocenters. The first-order valence-corrected chi connectivity index (χ1v) is 10.5. The third kappa shape index (κ3) is 4.61. The number of carbonyl (C=O) groups is 2. The molecule has 2 aromatic heterocycles. The first kappa shape index (κ1) is 22.2. The molecule has 0 bridgehead atoms. The van der Waals surface area contributed by atoms with Crippen molar-refractivity contribution in [1.82, 2.24) is 9.55 Å². The van der Waals surface area contributed by atoms with Gasteiger partial charge in [-0.25, -0.2) is 0 Å². The molecule has 0 aliphatic carbocycles. The molecule has 0 radical (unpaired) electrons. The van der Waals surface area contributed by atoms with Gasteiger partial charge >= 0.3 is 5.97 Å². The van der Waals surface area contributed by atoms with Crippen LogP contribution in [0.3, 0.4) is 0 Å². The minimum absolute atomic E-state index is 0.0508. The molecule has 2 heterocycles. The van der Waals surface area contributed by atoms with Crippen molar-refractivity contribution in [2.75, 3.05) is 7.11 Å². The number of allylic oxidation sites excluding steroid dienone is 1. The largest absolute Gasteiger partial charge is 0.468 e. The second-order valence-electron chi connectivity index (χ2n) is 7.22. The van der Waals surface area contributed by atoms with Gasteiger partial charge in [0, 0.05) is 28.4 Å². The average Bonchev–Trinajstić information content (AvgIpc) is 2.84. The number of fused-ring (bicyclic) bond motifs is 1. The summed E-state index contributed by atoms with van der Waals surface area (Å²) in [7, 11) is 1.24. The number of esters is 1. The van der Waals surface area contributed by atoms with Crippen LogP contribution in [0.5, 0.6) is 0 Å². The highest BCUT2D eigenvalue weighted by molar-refractivity contribution is 6.31. The lowest BCUT2D eigenvalue weighted by atomic mass is 9.93. The minimum Gasteiger partial charge on any atom is -0.468 e. The Bertz CT molecular complexity index is 1430. The van der Waals surface area contributed by atoms with Crippen molar-refractivity contribution in [1.29, 1.82) is 0 Å². The molecular formula is C26H19ClN2O4. The van der Waals surface area contributed by atoms with Crippen LogP contribution in [0.2, 0.25) is 5.02 Å². The standard InChI is InChI=1S/C26H19ClN2O4/c1-33-23(31)16-29-21-9-8-19(27)15-20(21)24(18-5-3-2-4-6-18)25(26(29)32)22(30)10-7-17-11-13-28-14-12-17/h2-15H,16H2,1H3/b10-7+. The Morgan fingerprint density at radius 2 is 1.79 bits per heavy atom. The molecule has 33 heavy (non-hydrogen) atoms. The smallest absolute Gasteiger partial charge is 0.325 e. The second-order valence-corrected chi connectivity index (χ2v) is 7.66. The molecule has 0 spiro atoms. The van der Waals surface area contributed by atoms with Crippen molar-refractivity contribution in [3.05, 3.63) is 106 Å². The van der Waals surface area contributed by atoms with Crippen LogP contribution in [0.1, 0.15) is 15.9 Å². The molecule has 6 nitrogen and oxygen atoms in total. The molecule has 4 aromatic rings. The maximum atomic E-state index is 13.6. The molecule has 4 rings (SSSR count). The number of rotatable bonds is 6. The third-order valence-electron chi connectivity index (χ3n) is 5.18. The zero-order valence-corrected chi connectivity index (χ0v) is 18.5. The van der Waals surface area contributed by atoms with Gasteiger partial charge in [0.2, 0.25) is 0 Å². The van der Waals surface area contributed by atoms with Crippen LogP contribution >= 0.6 is 11.6 Å². The van der Waals surface area contributed by atoms with E-state index in [-0.39, 0.29) is 12.1 Å². The molecule has 164 valence electrons. The van der Waals surface area contributed by atoms with E-state index in [0.717, 1.165) is 5.56 Å². The van der Waals surface area contributed by atoms with Crippen LogP contribution in [0.4, 0.5) is 0 Å². The Labute approximate surface area is 194 Å². The zero-order chi connectivity index (χ0) is 23.4. The van der Waals surface area contributed by atoms with E-state index in [1.54, 1.807) is 48.8 Å². The van der Waals surface area contributed by atoms with Crippen molar-refractivity contribution in [3.63, 3.8) is 0 Å². The van der Waals surface area contributed by atoms with Gasteiger partial charge in [-0.05, 0) is 47.5 Å². The molecule has 0 N–H and O–H groups in total. The number of halogens is 1. The Hall–Kier alpha value is -4.03. The van der Waals surface area contributed by atoms with E-state index in [9.17, 15) is 14.4 Å². The van der Waals surface area contributed by atoms with E-state index < -0.39 is 17.3 Å². The number of ether oxygens (including phenoxy) is 1. The molecule has 0 fully saturated rings. The summed E-state index contributed by atoms with van der Waals surface area (Å²) in [6.07, 6.45) is 6.18. The van der Waals surface area contributed by atoms with Crippen LogP contribution < -0.4 is 5.56 Å². The first-order chi connectivity index (χ1) is 16.0. The topological polar surface area (TPSA) is 78.3 Å². The molecule has 7 heteroatoms. The summed E-state index contributed by atoms with van der Waals surface area (Å²) in [5, 5.41) is 1.02. The van der Waals surface area contributed by atoms with Crippen LogP contribution in [0.15, 0.2) is 83.9 Å². The summed E-state index contributed by atoms with van der Waals surface area (Å²) in [6.45, 7) is -0.336. The molecule has 0 saturated carbocycles. The molecule has 0 saturated heterocycles. The maximum absolute atomic E-state index is 13.6. The number of methoxy groups -OCH3 is 1. The number of nitrogens with zero attached hydrogens (tertiary/aromatic N) is 2. The first-order valence-electron chi connectivity index (χ1n) is 10.1. The van der Waals surface area contributed by atoms with Gasteiger partial charge in [-0.3, -0.25) is 23.9 Å². The van der Waals surface area contributed by atoms with Gasteiger partial charge in [-0.15, -0.1) is 0 Å². The second kappa shape index (κ2) is 9.63. The average molecular weight is 459 g/mol. The fraction of sp³-hybridized carbons (Fsp3) is 0.0769. The predicted octanol–water partition coefficient (Wildman–Crippen LogP) is 4.79. The van der Waals surface area contributed by atoms with Crippen molar-refractivity contribution >= 4 is 40.3 Å². The van der Waals surface area contributed by atoms with E-state index in [0.29, 0.717) is 27.1 Å². The van der Waals surface area contributed by atoms with Gasteiger partial charge in [0.1, 0.15) is 6.54 Å². The Kier molecular flexibility index (Phi) is 6.47. The lowest BCUT2D eigenvalue weighted by molar-refractivity contribution is -0.141. The fourth-order valence-corrected chi connectivity index (χ4v) is 3.82. The van der Waals surface area contributed by atoms with Crippen LogP contribution in [0, 0.1) is 0 Å². The molecule has 0 aliphatic rings. The SMILES string of the molecule is COC(=O)Cn1c(=O)c(C(=O)/C=C/c2ccncc2)c(-c2ccccc2)c2cc(Cl)ccc21. The van der Waals surface area contributed by atoms with Crippen molar-refractivity contribution < 1.29 is 14.3 Å². The molecule has 0 amide bonds. The molecule has 2 aromatic carbocycles. The summed E-state index contributed by atoms with van der Waals surface area (Å²) in [6, 6.07) is 17.6. The third-order valence-corrected chi connectivity index (χ3v) is 5.42. The zero-order valence-electron chi connectivity index (χ0n) is 17.7. The monoisotopic (exact) mass is 458 g/mol. The molecule has 0 aliphatic heterocycles. The van der Waals surface area contributed by atoms with Gasteiger partial charge in [-0.1, -0.05) is 48.0 Å². The summed E-state index contributed by atoms with van der Waals surface area (Å²) in [5.41, 5.74) is 1.75. The number of benzene rings is 2. The molecule has 0 atom stereocenters. The van der Waals surface area contributed by atoms with E-state index in [1.165, 1.54) is 17.8 Å². The van der Waals surface area contributed by atoms with Crippen molar-refractivity contribution in [2.45, 2.75) is 6.54 Å². The Morgan fingerprint density at radius 1 is 1.06 bits per heavy atom. The number of ketones is 1. The number of aromatic nitrogens is 2. The number of pyridine rings is 2. The maximum Gasteiger partial charge on any atom is 0.325 e. The summed E-state index contributed by atoms with van der Waals surface area (Å²) in [4.78, 5) is 43.1. The highest BCUT2D eigenvalue weighted by atomic mass is 35.5. The van der Waals surface area contributed by atoms with Gasteiger partial charge in [-0.2, -0.15) is 0 Å². The Balaban J connectivity index is 2.03. The molecular weight excluding hydrogens is 440 g/mol. The van der Waals surface area contributed by atoms with E-state index in [1.807, 2.05) is 30.3 Å². The summed E-state index contributed by atoms with van der Waals surface area (Å²) >= 11 is 6.29.